The van der Waals surface area contributed by atoms with Crippen molar-refractivity contribution in [3.05, 3.63) is 0 Å². The Balaban J connectivity index is 1.35. The van der Waals surface area contributed by atoms with Gasteiger partial charge in [-0.2, -0.15) is 0 Å². The molecule has 2 fully saturated rings. The standard InChI is InChI=1S/C14H26O3S/c15-18(9-7-16-11-13-3-1-4-13)10-8-17-12-14-5-2-6-14/h13-14H,1-12H2. The Morgan fingerprint density at radius 2 is 1.28 bits per heavy atom. The van der Waals surface area contributed by atoms with E-state index in [9.17, 15) is 4.21 Å². The van der Waals surface area contributed by atoms with Crippen LogP contribution in [0.2, 0.25) is 0 Å². The zero-order chi connectivity index (χ0) is 12.6. The predicted octanol–water partition coefficient (Wildman–Crippen LogP) is 2.37. The lowest BCUT2D eigenvalue weighted by atomic mass is 9.86. The first-order chi connectivity index (χ1) is 8.84. The zero-order valence-electron chi connectivity index (χ0n) is 11.3. The second-order valence-corrected chi connectivity index (χ2v) is 7.29. The fourth-order valence-electron chi connectivity index (χ4n) is 2.22. The van der Waals surface area contributed by atoms with E-state index in [1.165, 1.54) is 38.5 Å². The van der Waals surface area contributed by atoms with E-state index in [0.29, 0.717) is 24.7 Å². The molecule has 0 atom stereocenters. The quantitative estimate of drug-likeness (QED) is 0.574. The molecule has 0 heterocycles. The maximum Gasteiger partial charge on any atom is 0.0581 e. The second kappa shape index (κ2) is 8.28. The second-order valence-electron chi connectivity index (χ2n) is 5.59. The van der Waals surface area contributed by atoms with E-state index in [4.69, 9.17) is 9.47 Å². The number of rotatable bonds is 10. The Morgan fingerprint density at radius 3 is 1.61 bits per heavy atom. The van der Waals surface area contributed by atoms with E-state index in [0.717, 1.165) is 25.0 Å². The Hall–Kier alpha value is 0.0700. The van der Waals surface area contributed by atoms with Crippen LogP contribution in [-0.4, -0.2) is 42.1 Å². The van der Waals surface area contributed by atoms with E-state index >= 15 is 0 Å². The highest BCUT2D eigenvalue weighted by Crippen LogP contribution is 2.26. The minimum absolute atomic E-state index is 0.645. The monoisotopic (exact) mass is 274 g/mol. The summed E-state index contributed by atoms with van der Waals surface area (Å²) in [6.45, 7) is 3.03. The van der Waals surface area contributed by atoms with Crippen LogP contribution in [0, 0.1) is 11.8 Å². The van der Waals surface area contributed by atoms with Gasteiger partial charge in [-0.15, -0.1) is 0 Å². The summed E-state index contributed by atoms with van der Waals surface area (Å²) < 4.78 is 22.7. The van der Waals surface area contributed by atoms with Crippen LogP contribution in [0.25, 0.3) is 0 Å². The first kappa shape index (κ1) is 14.5. The van der Waals surface area contributed by atoms with Gasteiger partial charge in [0.1, 0.15) is 0 Å². The molecule has 2 saturated carbocycles. The van der Waals surface area contributed by atoms with Gasteiger partial charge < -0.3 is 9.47 Å². The van der Waals surface area contributed by atoms with Crippen LogP contribution >= 0.6 is 0 Å². The van der Waals surface area contributed by atoms with E-state index in [1.54, 1.807) is 0 Å². The smallest absolute Gasteiger partial charge is 0.0581 e. The molecule has 2 rings (SSSR count). The Bertz CT molecular complexity index is 225. The molecule has 0 aromatic carbocycles. The maximum atomic E-state index is 11.7. The molecule has 4 heteroatoms. The van der Waals surface area contributed by atoms with Crippen molar-refractivity contribution in [1.82, 2.24) is 0 Å². The minimum Gasteiger partial charge on any atom is -0.380 e. The van der Waals surface area contributed by atoms with Gasteiger partial charge in [-0.1, -0.05) is 12.8 Å². The molecule has 0 amide bonds. The van der Waals surface area contributed by atoms with E-state index in [1.807, 2.05) is 0 Å². The van der Waals surface area contributed by atoms with Gasteiger partial charge >= 0.3 is 0 Å². The summed E-state index contributed by atoms with van der Waals surface area (Å²) in [5, 5.41) is 0. The highest BCUT2D eigenvalue weighted by molar-refractivity contribution is 7.85. The predicted molar refractivity (Wildman–Crippen MR) is 74.2 cm³/mol. The molecule has 0 bridgehead atoms. The molecule has 3 nitrogen and oxygen atoms in total. The molecule has 2 aliphatic rings. The van der Waals surface area contributed by atoms with Crippen LogP contribution in [0.1, 0.15) is 38.5 Å². The van der Waals surface area contributed by atoms with Crippen molar-refractivity contribution in [2.75, 3.05) is 37.9 Å². The highest BCUT2D eigenvalue weighted by atomic mass is 32.2. The molecule has 2 aliphatic carbocycles. The number of hydrogen-bond acceptors (Lipinski definition) is 3. The van der Waals surface area contributed by atoms with Gasteiger partial charge in [0.15, 0.2) is 0 Å². The summed E-state index contributed by atoms with van der Waals surface area (Å²) in [5.74, 6) is 2.90. The Kier molecular flexibility index (Phi) is 6.66. The van der Waals surface area contributed by atoms with Gasteiger partial charge in [0.2, 0.25) is 0 Å². The average Bonchev–Trinajstić information content (AvgIpc) is 2.23. The first-order valence-corrected chi connectivity index (χ1v) is 8.84. The normalized spacial score (nSPS) is 20.9. The number of ether oxygens (including phenoxy) is 2. The molecular formula is C14H26O3S. The lowest BCUT2D eigenvalue weighted by Gasteiger charge is -2.25. The zero-order valence-corrected chi connectivity index (χ0v) is 12.1. The van der Waals surface area contributed by atoms with Gasteiger partial charge in [0.05, 0.1) is 13.2 Å². The van der Waals surface area contributed by atoms with Gasteiger partial charge in [-0.3, -0.25) is 4.21 Å². The topological polar surface area (TPSA) is 35.5 Å². The third-order valence-corrected chi connectivity index (χ3v) is 5.31. The molecular weight excluding hydrogens is 248 g/mol. The van der Waals surface area contributed by atoms with Crippen molar-refractivity contribution < 1.29 is 13.7 Å². The van der Waals surface area contributed by atoms with Gasteiger partial charge in [0, 0.05) is 35.5 Å². The fraction of sp³-hybridized carbons (Fsp3) is 1.00. The minimum atomic E-state index is -0.767. The van der Waals surface area contributed by atoms with E-state index in [2.05, 4.69) is 0 Å². The van der Waals surface area contributed by atoms with E-state index in [-0.39, 0.29) is 0 Å². The lowest BCUT2D eigenvalue weighted by Crippen LogP contribution is -2.21. The molecule has 0 aromatic rings. The molecule has 0 aliphatic heterocycles. The van der Waals surface area contributed by atoms with Crippen molar-refractivity contribution in [3.8, 4) is 0 Å². The summed E-state index contributed by atoms with van der Waals surface area (Å²) in [4.78, 5) is 0. The molecule has 0 unspecified atom stereocenters. The van der Waals surface area contributed by atoms with Crippen LogP contribution in [0.5, 0.6) is 0 Å². The van der Waals surface area contributed by atoms with Crippen molar-refractivity contribution >= 4 is 10.8 Å². The van der Waals surface area contributed by atoms with Crippen LogP contribution in [0.4, 0.5) is 0 Å². The van der Waals surface area contributed by atoms with Crippen LogP contribution in [0.15, 0.2) is 0 Å². The third kappa shape index (κ3) is 5.37. The fourth-order valence-corrected chi connectivity index (χ4v) is 3.04. The van der Waals surface area contributed by atoms with Crippen molar-refractivity contribution in [3.63, 3.8) is 0 Å². The number of hydrogen-bond donors (Lipinski definition) is 0. The molecule has 0 N–H and O–H groups in total. The molecule has 0 aromatic heterocycles. The molecule has 18 heavy (non-hydrogen) atoms. The summed E-state index contributed by atoms with van der Waals surface area (Å²) in [5.41, 5.74) is 0. The first-order valence-electron chi connectivity index (χ1n) is 7.35. The maximum absolute atomic E-state index is 11.7. The summed E-state index contributed by atoms with van der Waals surface area (Å²) >= 11 is 0. The van der Waals surface area contributed by atoms with E-state index < -0.39 is 10.8 Å². The molecule has 0 saturated heterocycles. The Morgan fingerprint density at radius 1 is 0.833 bits per heavy atom. The van der Waals surface area contributed by atoms with Crippen LogP contribution < -0.4 is 0 Å². The molecule has 0 spiro atoms. The highest BCUT2D eigenvalue weighted by Gasteiger charge is 2.18. The average molecular weight is 274 g/mol. The SMILES string of the molecule is O=S(CCOCC1CCC1)CCOCC1CCC1. The van der Waals surface area contributed by atoms with Crippen molar-refractivity contribution in [2.45, 2.75) is 38.5 Å². The van der Waals surface area contributed by atoms with Gasteiger partial charge in [-0.25, -0.2) is 0 Å². The third-order valence-electron chi connectivity index (χ3n) is 4.07. The largest absolute Gasteiger partial charge is 0.380 e. The molecule has 0 radical (unpaired) electrons. The van der Waals surface area contributed by atoms with Crippen LogP contribution in [-0.2, 0) is 20.3 Å². The lowest BCUT2D eigenvalue weighted by molar-refractivity contribution is 0.0781. The summed E-state index contributed by atoms with van der Waals surface area (Å²) in [6, 6.07) is 0. The van der Waals surface area contributed by atoms with Crippen molar-refractivity contribution in [1.29, 1.82) is 0 Å². The van der Waals surface area contributed by atoms with Gasteiger partial charge in [0.25, 0.3) is 0 Å². The Labute approximate surface area is 113 Å². The summed E-state index contributed by atoms with van der Waals surface area (Å²) in [6.07, 6.45) is 7.99. The van der Waals surface area contributed by atoms with Crippen molar-refractivity contribution in [2.24, 2.45) is 11.8 Å². The van der Waals surface area contributed by atoms with Crippen LogP contribution in [0.3, 0.4) is 0 Å². The molecule has 106 valence electrons. The van der Waals surface area contributed by atoms with Gasteiger partial charge in [-0.05, 0) is 37.5 Å². The summed E-state index contributed by atoms with van der Waals surface area (Å²) in [7, 11) is -0.767.